The smallest absolute Gasteiger partial charge is 0.105 e. The second-order valence-electron chi connectivity index (χ2n) is 3.24. The van der Waals surface area contributed by atoms with Crippen LogP contribution in [0.15, 0.2) is 18.2 Å². The van der Waals surface area contributed by atoms with Gasteiger partial charge in [0.05, 0.1) is 0 Å². The maximum Gasteiger partial charge on any atom is 0.105 e. The number of rotatable bonds is 3. The molecule has 0 aromatic heterocycles. The second kappa shape index (κ2) is 4.49. The van der Waals surface area contributed by atoms with Gasteiger partial charge in [0.1, 0.15) is 5.60 Å². The van der Waals surface area contributed by atoms with E-state index < -0.39 is 5.60 Å². The molecule has 0 saturated carbocycles. The van der Waals surface area contributed by atoms with Gasteiger partial charge in [0.15, 0.2) is 0 Å². The van der Waals surface area contributed by atoms with Gasteiger partial charge in [0.25, 0.3) is 0 Å². The average Bonchev–Trinajstić information content (AvgIpc) is 2.17. The summed E-state index contributed by atoms with van der Waals surface area (Å²) < 4.78 is 5.34. The van der Waals surface area contributed by atoms with Crippen LogP contribution in [0.4, 0.5) is 0 Å². The first-order valence-corrected chi connectivity index (χ1v) is 5.00. The van der Waals surface area contributed by atoms with Crippen LogP contribution in [0.3, 0.4) is 0 Å². The zero-order valence-corrected chi connectivity index (χ0v) is 9.69. The highest BCUT2D eigenvalue weighted by atomic mass is 35.5. The van der Waals surface area contributed by atoms with E-state index in [2.05, 4.69) is 0 Å². The molecule has 0 amide bonds. The molecular weight excluding hydrogens is 221 g/mol. The van der Waals surface area contributed by atoms with Crippen molar-refractivity contribution >= 4 is 23.2 Å². The molecule has 0 aliphatic carbocycles. The Balaban J connectivity index is 3.29. The van der Waals surface area contributed by atoms with Crippen molar-refractivity contribution in [3.05, 3.63) is 33.8 Å². The van der Waals surface area contributed by atoms with Crippen molar-refractivity contribution in [1.29, 1.82) is 0 Å². The van der Waals surface area contributed by atoms with E-state index in [1.807, 2.05) is 6.92 Å². The first-order valence-electron chi connectivity index (χ1n) is 4.25. The summed E-state index contributed by atoms with van der Waals surface area (Å²) in [7, 11) is 1.59. The van der Waals surface area contributed by atoms with Crippen LogP contribution >= 0.6 is 23.2 Å². The molecule has 1 aromatic rings. The highest BCUT2D eigenvalue weighted by Gasteiger charge is 2.29. The lowest BCUT2D eigenvalue weighted by atomic mass is 9.96. The van der Waals surface area contributed by atoms with Gasteiger partial charge in [-0.05, 0) is 19.1 Å². The van der Waals surface area contributed by atoms with Crippen molar-refractivity contribution in [2.24, 2.45) is 5.73 Å². The maximum atomic E-state index is 6.05. The van der Waals surface area contributed by atoms with Crippen LogP contribution in [0.5, 0.6) is 0 Å². The van der Waals surface area contributed by atoms with E-state index in [1.165, 1.54) is 0 Å². The molecule has 0 aliphatic rings. The van der Waals surface area contributed by atoms with Crippen molar-refractivity contribution in [3.63, 3.8) is 0 Å². The van der Waals surface area contributed by atoms with Gasteiger partial charge in [0, 0.05) is 29.3 Å². The van der Waals surface area contributed by atoms with Crippen LogP contribution in [-0.4, -0.2) is 13.7 Å². The predicted molar refractivity (Wildman–Crippen MR) is 59.9 cm³/mol. The predicted octanol–water partition coefficient (Wildman–Crippen LogP) is 2.81. The van der Waals surface area contributed by atoms with Gasteiger partial charge in [0.2, 0.25) is 0 Å². The van der Waals surface area contributed by atoms with Crippen molar-refractivity contribution in [1.82, 2.24) is 0 Å². The Morgan fingerprint density at radius 1 is 1.36 bits per heavy atom. The molecule has 1 atom stereocenters. The van der Waals surface area contributed by atoms with Crippen molar-refractivity contribution in [3.8, 4) is 0 Å². The number of methoxy groups -OCH3 is 1. The van der Waals surface area contributed by atoms with E-state index in [9.17, 15) is 0 Å². The Kier molecular flexibility index (Phi) is 3.78. The Hall–Kier alpha value is -0.280. The van der Waals surface area contributed by atoms with Gasteiger partial charge in [-0.2, -0.15) is 0 Å². The minimum atomic E-state index is -0.630. The second-order valence-corrected chi connectivity index (χ2v) is 4.05. The minimum Gasteiger partial charge on any atom is -0.372 e. The molecule has 14 heavy (non-hydrogen) atoms. The summed E-state index contributed by atoms with van der Waals surface area (Å²) in [6.07, 6.45) is 0. The number of halogens is 2. The van der Waals surface area contributed by atoms with E-state index in [0.29, 0.717) is 16.6 Å². The number of nitrogens with two attached hydrogens (primary N) is 1. The molecule has 1 aromatic carbocycles. The van der Waals surface area contributed by atoms with Crippen molar-refractivity contribution in [2.75, 3.05) is 13.7 Å². The van der Waals surface area contributed by atoms with Crippen LogP contribution in [0.1, 0.15) is 12.5 Å². The summed E-state index contributed by atoms with van der Waals surface area (Å²) in [6.45, 7) is 2.19. The molecule has 0 spiro atoms. The lowest BCUT2D eigenvalue weighted by Crippen LogP contribution is -2.34. The molecule has 0 bridgehead atoms. The fourth-order valence-electron chi connectivity index (χ4n) is 1.29. The summed E-state index contributed by atoms with van der Waals surface area (Å²) in [5.74, 6) is 0. The third-order valence-electron chi connectivity index (χ3n) is 2.33. The van der Waals surface area contributed by atoms with Crippen LogP contribution in [0.2, 0.25) is 10.0 Å². The molecule has 0 radical (unpaired) electrons. The Morgan fingerprint density at radius 3 is 2.21 bits per heavy atom. The van der Waals surface area contributed by atoms with E-state index in [1.54, 1.807) is 25.3 Å². The van der Waals surface area contributed by atoms with Crippen LogP contribution in [0.25, 0.3) is 0 Å². The monoisotopic (exact) mass is 233 g/mol. The minimum absolute atomic E-state index is 0.326. The third-order valence-corrected chi connectivity index (χ3v) is 2.96. The maximum absolute atomic E-state index is 6.05. The summed E-state index contributed by atoms with van der Waals surface area (Å²) in [5, 5.41) is 1.15. The first-order chi connectivity index (χ1) is 6.55. The molecule has 0 fully saturated rings. The largest absolute Gasteiger partial charge is 0.372 e. The molecule has 78 valence electrons. The topological polar surface area (TPSA) is 35.2 Å². The van der Waals surface area contributed by atoms with Crippen LogP contribution in [-0.2, 0) is 10.3 Å². The van der Waals surface area contributed by atoms with E-state index in [0.717, 1.165) is 5.56 Å². The number of benzene rings is 1. The number of ether oxygens (including phenoxy) is 1. The molecule has 4 heteroatoms. The highest BCUT2D eigenvalue weighted by molar-refractivity contribution is 6.36. The summed E-state index contributed by atoms with van der Waals surface area (Å²) in [6, 6.07) is 5.34. The lowest BCUT2D eigenvalue weighted by molar-refractivity contribution is 0.0103. The van der Waals surface area contributed by atoms with E-state index >= 15 is 0 Å². The van der Waals surface area contributed by atoms with Crippen LogP contribution < -0.4 is 5.73 Å². The number of hydrogen-bond donors (Lipinski definition) is 1. The molecule has 0 aliphatic heterocycles. The highest BCUT2D eigenvalue weighted by Crippen LogP contribution is 2.35. The molecule has 2 N–H and O–H groups in total. The quantitative estimate of drug-likeness (QED) is 0.872. The molecular formula is C10H13Cl2NO. The lowest BCUT2D eigenvalue weighted by Gasteiger charge is -2.28. The van der Waals surface area contributed by atoms with Gasteiger partial charge in [-0.15, -0.1) is 0 Å². The van der Waals surface area contributed by atoms with Gasteiger partial charge in [-0.3, -0.25) is 0 Å². The van der Waals surface area contributed by atoms with Crippen molar-refractivity contribution in [2.45, 2.75) is 12.5 Å². The number of hydrogen-bond acceptors (Lipinski definition) is 2. The van der Waals surface area contributed by atoms with Crippen LogP contribution in [0, 0.1) is 0 Å². The third kappa shape index (κ3) is 2.04. The summed E-state index contributed by atoms with van der Waals surface area (Å²) in [4.78, 5) is 0. The molecule has 1 unspecified atom stereocenters. The fraction of sp³-hybridized carbons (Fsp3) is 0.400. The van der Waals surface area contributed by atoms with Gasteiger partial charge in [-0.1, -0.05) is 29.3 Å². The summed E-state index contributed by atoms with van der Waals surface area (Å²) >= 11 is 12.1. The zero-order chi connectivity index (χ0) is 10.8. The fourth-order valence-corrected chi connectivity index (χ4v) is 2.09. The molecule has 2 nitrogen and oxygen atoms in total. The van der Waals surface area contributed by atoms with E-state index in [4.69, 9.17) is 33.7 Å². The standard InChI is InChI=1S/C10H13Cl2NO/c1-10(6-13,14-2)9-7(11)4-3-5-8(9)12/h3-5H,6,13H2,1-2H3. The van der Waals surface area contributed by atoms with Gasteiger partial charge in [-0.25, -0.2) is 0 Å². The SMILES string of the molecule is COC(C)(CN)c1c(Cl)cccc1Cl. The normalized spacial score (nSPS) is 15.2. The van der Waals surface area contributed by atoms with E-state index in [-0.39, 0.29) is 0 Å². The molecule has 0 saturated heterocycles. The molecule has 1 rings (SSSR count). The van der Waals surface area contributed by atoms with Gasteiger partial charge < -0.3 is 10.5 Å². The van der Waals surface area contributed by atoms with Gasteiger partial charge >= 0.3 is 0 Å². The Labute approximate surface area is 94.0 Å². The van der Waals surface area contributed by atoms with Crippen molar-refractivity contribution < 1.29 is 4.74 Å². The molecule has 0 heterocycles. The summed E-state index contributed by atoms with van der Waals surface area (Å²) in [5.41, 5.74) is 5.76. The average molecular weight is 234 g/mol. The zero-order valence-electron chi connectivity index (χ0n) is 8.18. The first kappa shape index (κ1) is 11.8. The Bertz CT molecular complexity index is 304. The Morgan fingerprint density at radius 2 is 1.86 bits per heavy atom.